The van der Waals surface area contributed by atoms with Gasteiger partial charge in [0.05, 0.1) is 12.7 Å². The fourth-order valence-corrected chi connectivity index (χ4v) is 3.16. The van der Waals surface area contributed by atoms with Crippen molar-refractivity contribution in [2.45, 2.75) is 46.1 Å². The van der Waals surface area contributed by atoms with E-state index in [-0.39, 0.29) is 5.97 Å². The SMILES string of the molecule is COC(=O)c1cc(NC2CCCC(C)C2C)cc(C)c1N. The van der Waals surface area contributed by atoms with Crippen LogP contribution in [0.1, 0.15) is 49.0 Å². The summed E-state index contributed by atoms with van der Waals surface area (Å²) in [6.07, 6.45) is 3.72. The minimum atomic E-state index is -0.385. The van der Waals surface area contributed by atoms with Crippen LogP contribution in [0.4, 0.5) is 11.4 Å². The number of nitrogen functional groups attached to an aromatic ring is 1. The van der Waals surface area contributed by atoms with E-state index >= 15 is 0 Å². The Morgan fingerprint density at radius 3 is 2.71 bits per heavy atom. The molecule has 21 heavy (non-hydrogen) atoms. The van der Waals surface area contributed by atoms with Gasteiger partial charge in [0.15, 0.2) is 0 Å². The minimum Gasteiger partial charge on any atom is -0.465 e. The molecule has 1 fully saturated rings. The molecule has 3 atom stereocenters. The molecule has 0 aromatic heterocycles. The zero-order chi connectivity index (χ0) is 15.6. The summed E-state index contributed by atoms with van der Waals surface area (Å²) in [6.45, 7) is 6.53. The second-order valence-electron chi connectivity index (χ2n) is 6.26. The molecule has 0 amide bonds. The summed E-state index contributed by atoms with van der Waals surface area (Å²) >= 11 is 0. The zero-order valence-corrected chi connectivity index (χ0v) is 13.4. The normalized spacial score (nSPS) is 25.4. The number of ether oxygens (including phenoxy) is 1. The number of esters is 1. The lowest BCUT2D eigenvalue weighted by Gasteiger charge is -2.35. The van der Waals surface area contributed by atoms with E-state index in [1.165, 1.54) is 26.4 Å². The fourth-order valence-electron chi connectivity index (χ4n) is 3.16. The summed E-state index contributed by atoms with van der Waals surface area (Å²) in [7, 11) is 1.38. The molecule has 1 aromatic rings. The summed E-state index contributed by atoms with van der Waals surface area (Å²) in [6, 6.07) is 4.26. The molecule has 1 aliphatic rings. The van der Waals surface area contributed by atoms with E-state index in [0.29, 0.717) is 23.2 Å². The first kappa shape index (κ1) is 15.7. The van der Waals surface area contributed by atoms with Gasteiger partial charge < -0.3 is 15.8 Å². The Hall–Kier alpha value is -1.71. The van der Waals surface area contributed by atoms with Crippen LogP contribution >= 0.6 is 0 Å². The third-order valence-corrected chi connectivity index (χ3v) is 4.85. The average molecular weight is 290 g/mol. The minimum absolute atomic E-state index is 0.385. The third kappa shape index (κ3) is 3.31. The van der Waals surface area contributed by atoms with E-state index in [0.717, 1.165) is 17.2 Å². The molecule has 0 saturated heterocycles. The molecular formula is C17H26N2O2. The van der Waals surface area contributed by atoms with Crippen molar-refractivity contribution in [2.24, 2.45) is 11.8 Å². The van der Waals surface area contributed by atoms with E-state index in [2.05, 4.69) is 19.2 Å². The molecule has 4 nitrogen and oxygen atoms in total. The number of hydrogen-bond acceptors (Lipinski definition) is 4. The number of nitrogens with two attached hydrogens (primary N) is 1. The molecule has 3 N–H and O–H groups in total. The van der Waals surface area contributed by atoms with Gasteiger partial charge in [-0.2, -0.15) is 0 Å². The van der Waals surface area contributed by atoms with Crippen LogP contribution in [0.2, 0.25) is 0 Å². The Labute approximate surface area is 127 Å². The monoisotopic (exact) mass is 290 g/mol. The van der Waals surface area contributed by atoms with Crippen molar-refractivity contribution < 1.29 is 9.53 Å². The van der Waals surface area contributed by atoms with Crippen molar-refractivity contribution in [2.75, 3.05) is 18.2 Å². The molecule has 0 radical (unpaired) electrons. The average Bonchev–Trinajstić information content (AvgIpc) is 2.46. The topological polar surface area (TPSA) is 64.3 Å². The van der Waals surface area contributed by atoms with Gasteiger partial charge >= 0.3 is 5.97 Å². The predicted molar refractivity (Wildman–Crippen MR) is 86.5 cm³/mol. The van der Waals surface area contributed by atoms with E-state index in [1.54, 1.807) is 6.07 Å². The Morgan fingerprint density at radius 2 is 2.05 bits per heavy atom. The zero-order valence-electron chi connectivity index (χ0n) is 13.4. The molecule has 116 valence electrons. The number of carbonyl (C=O) groups is 1. The number of aryl methyl sites for hydroxylation is 1. The van der Waals surface area contributed by atoms with Crippen molar-refractivity contribution in [1.29, 1.82) is 0 Å². The van der Waals surface area contributed by atoms with Crippen molar-refractivity contribution in [3.63, 3.8) is 0 Å². The Bertz CT molecular complexity index is 528. The lowest BCUT2D eigenvalue weighted by molar-refractivity contribution is 0.0602. The Morgan fingerprint density at radius 1 is 1.33 bits per heavy atom. The van der Waals surface area contributed by atoms with Crippen molar-refractivity contribution >= 4 is 17.3 Å². The molecule has 3 unspecified atom stereocenters. The van der Waals surface area contributed by atoms with Crippen LogP contribution in [0, 0.1) is 18.8 Å². The first-order chi connectivity index (χ1) is 9.93. The number of anilines is 2. The van der Waals surface area contributed by atoms with Crippen molar-refractivity contribution in [3.8, 4) is 0 Å². The Kier molecular flexibility index (Phi) is 4.76. The third-order valence-electron chi connectivity index (χ3n) is 4.85. The van der Waals surface area contributed by atoms with Gasteiger partial charge in [0.2, 0.25) is 0 Å². The smallest absolute Gasteiger partial charge is 0.340 e. The van der Waals surface area contributed by atoms with Gasteiger partial charge in [-0.3, -0.25) is 0 Å². The maximum atomic E-state index is 11.8. The number of hydrogen-bond donors (Lipinski definition) is 2. The fraction of sp³-hybridized carbons (Fsp3) is 0.588. The standard InChI is InChI=1S/C17H26N2O2/c1-10-6-5-7-15(12(10)3)19-13-8-11(2)16(18)14(9-13)17(20)21-4/h8-10,12,15,19H,5-7,18H2,1-4H3. The highest BCUT2D eigenvalue weighted by Gasteiger charge is 2.27. The van der Waals surface area contributed by atoms with Gasteiger partial charge in [-0.1, -0.05) is 26.7 Å². The van der Waals surface area contributed by atoms with Crippen LogP contribution in [-0.4, -0.2) is 19.1 Å². The van der Waals surface area contributed by atoms with E-state index in [4.69, 9.17) is 10.5 Å². The predicted octanol–water partition coefficient (Wildman–Crippen LogP) is 3.60. The number of nitrogens with one attached hydrogen (secondary N) is 1. The summed E-state index contributed by atoms with van der Waals surface area (Å²) in [5.74, 6) is 0.966. The lowest BCUT2D eigenvalue weighted by atomic mass is 9.78. The molecule has 1 aliphatic carbocycles. The molecule has 0 aliphatic heterocycles. The number of benzene rings is 1. The van der Waals surface area contributed by atoms with Crippen LogP contribution in [0.15, 0.2) is 12.1 Å². The van der Waals surface area contributed by atoms with Gasteiger partial charge in [0.25, 0.3) is 0 Å². The van der Waals surface area contributed by atoms with E-state index in [9.17, 15) is 4.79 Å². The molecule has 0 spiro atoms. The largest absolute Gasteiger partial charge is 0.465 e. The number of methoxy groups -OCH3 is 1. The van der Waals surface area contributed by atoms with Crippen LogP contribution in [0.25, 0.3) is 0 Å². The molecule has 2 rings (SSSR count). The highest BCUT2D eigenvalue weighted by molar-refractivity contribution is 5.97. The molecule has 1 aromatic carbocycles. The van der Waals surface area contributed by atoms with E-state index in [1.807, 2.05) is 13.0 Å². The summed E-state index contributed by atoms with van der Waals surface area (Å²) in [5, 5.41) is 3.59. The number of carbonyl (C=O) groups excluding carboxylic acids is 1. The van der Waals surface area contributed by atoms with Crippen molar-refractivity contribution in [3.05, 3.63) is 23.3 Å². The van der Waals surface area contributed by atoms with Gasteiger partial charge in [-0.05, 0) is 42.9 Å². The highest BCUT2D eigenvalue weighted by Crippen LogP contribution is 2.32. The molecule has 0 bridgehead atoms. The molecular weight excluding hydrogens is 264 g/mol. The quantitative estimate of drug-likeness (QED) is 0.659. The summed E-state index contributed by atoms with van der Waals surface area (Å²) < 4.78 is 4.81. The maximum absolute atomic E-state index is 11.8. The van der Waals surface area contributed by atoms with Gasteiger partial charge in [0.1, 0.15) is 0 Å². The first-order valence-electron chi connectivity index (χ1n) is 7.69. The second kappa shape index (κ2) is 6.37. The molecule has 4 heteroatoms. The maximum Gasteiger partial charge on any atom is 0.340 e. The van der Waals surface area contributed by atoms with Gasteiger partial charge in [-0.25, -0.2) is 4.79 Å². The summed E-state index contributed by atoms with van der Waals surface area (Å²) in [4.78, 5) is 11.8. The van der Waals surface area contributed by atoms with E-state index < -0.39 is 0 Å². The lowest BCUT2D eigenvalue weighted by Crippen LogP contribution is -2.35. The van der Waals surface area contributed by atoms with Crippen molar-refractivity contribution in [1.82, 2.24) is 0 Å². The first-order valence-corrected chi connectivity index (χ1v) is 7.69. The summed E-state index contributed by atoms with van der Waals surface area (Å²) in [5.41, 5.74) is 8.77. The van der Waals surface area contributed by atoms with Gasteiger partial charge in [0, 0.05) is 17.4 Å². The molecule has 0 heterocycles. The second-order valence-corrected chi connectivity index (χ2v) is 6.26. The highest BCUT2D eigenvalue weighted by atomic mass is 16.5. The van der Waals surface area contributed by atoms with Gasteiger partial charge in [-0.15, -0.1) is 0 Å². The Balaban J connectivity index is 2.24. The van der Waals surface area contributed by atoms with Crippen LogP contribution in [-0.2, 0) is 4.74 Å². The van der Waals surface area contributed by atoms with Crippen LogP contribution < -0.4 is 11.1 Å². The van der Waals surface area contributed by atoms with Crippen LogP contribution in [0.3, 0.4) is 0 Å². The number of rotatable bonds is 3. The molecule has 1 saturated carbocycles. The van der Waals surface area contributed by atoms with Crippen LogP contribution in [0.5, 0.6) is 0 Å².